The molecule has 3 aliphatic rings. The number of hydrogen-bond acceptors (Lipinski definition) is 7. The Kier molecular flexibility index (Phi) is 6.50. The standard InChI is InChI=1S/C34H32ClNO6/c1-33(2,3)32(39)27-26(22-13-15-24(40-4)29(42-6)28(22)41-5)34(30(37)20-9-7-8-10-21(20)31(34)38)25-16-11-18-17-19(35)12-14-23(18)36(25)27/h7-17,25-27H,1-6H3/t25-,26+,27-/m1/s1. The van der Waals surface area contributed by atoms with Gasteiger partial charge in [0.1, 0.15) is 5.41 Å². The molecule has 0 amide bonds. The maximum Gasteiger partial charge on any atom is 0.203 e. The van der Waals surface area contributed by atoms with Gasteiger partial charge in [0.05, 0.1) is 33.4 Å². The topological polar surface area (TPSA) is 82.1 Å². The zero-order chi connectivity index (χ0) is 30.1. The Morgan fingerprint density at radius 1 is 0.881 bits per heavy atom. The van der Waals surface area contributed by atoms with Gasteiger partial charge in [-0.25, -0.2) is 0 Å². The SMILES string of the molecule is COc1ccc([C@H]2[C@H](C(=O)C(C)(C)C)N3c4ccc(Cl)cc4C=C[C@@H]3C23C(=O)c2ccccc2C3=O)c(OC)c1OC. The lowest BCUT2D eigenvalue weighted by molar-refractivity contribution is -0.127. The molecule has 1 fully saturated rings. The molecule has 0 aromatic heterocycles. The third kappa shape index (κ3) is 3.62. The van der Waals surface area contributed by atoms with Crippen molar-refractivity contribution in [3.8, 4) is 17.2 Å². The van der Waals surface area contributed by atoms with Crippen molar-refractivity contribution in [2.24, 2.45) is 10.8 Å². The van der Waals surface area contributed by atoms with E-state index in [-0.39, 0.29) is 17.3 Å². The van der Waals surface area contributed by atoms with Crippen LogP contribution < -0.4 is 19.1 Å². The van der Waals surface area contributed by atoms with E-state index in [0.717, 1.165) is 11.3 Å². The lowest BCUT2D eigenvalue weighted by atomic mass is 9.63. The zero-order valence-electron chi connectivity index (χ0n) is 24.4. The van der Waals surface area contributed by atoms with E-state index < -0.39 is 28.8 Å². The molecular weight excluding hydrogens is 554 g/mol. The summed E-state index contributed by atoms with van der Waals surface area (Å²) in [5.41, 5.74) is 0.287. The Morgan fingerprint density at radius 2 is 1.52 bits per heavy atom. The predicted molar refractivity (Wildman–Crippen MR) is 161 cm³/mol. The first-order chi connectivity index (χ1) is 20.0. The highest BCUT2D eigenvalue weighted by atomic mass is 35.5. The number of fused-ring (bicyclic) bond motifs is 5. The number of rotatable bonds is 5. The number of ether oxygens (including phenoxy) is 3. The second-order valence-electron chi connectivity index (χ2n) is 11.9. The Hall–Kier alpha value is -4.10. The molecule has 0 bridgehead atoms. The van der Waals surface area contributed by atoms with Gasteiger partial charge in [0.15, 0.2) is 28.8 Å². The summed E-state index contributed by atoms with van der Waals surface area (Å²) in [6, 6.07) is 14.2. The number of hydrogen-bond donors (Lipinski definition) is 0. The molecule has 2 heterocycles. The van der Waals surface area contributed by atoms with Crippen molar-refractivity contribution in [3.63, 3.8) is 0 Å². The molecule has 1 aliphatic carbocycles. The van der Waals surface area contributed by atoms with Gasteiger partial charge in [-0.15, -0.1) is 0 Å². The highest BCUT2D eigenvalue weighted by Crippen LogP contribution is 2.63. The minimum Gasteiger partial charge on any atom is -0.493 e. The lowest BCUT2D eigenvalue weighted by Gasteiger charge is -2.38. The van der Waals surface area contributed by atoms with Crippen LogP contribution in [0.3, 0.4) is 0 Å². The van der Waals surface area contributed by atoms with Gasteiger partial charge in [0.25, 0.3) is 0 Å². The number of carbonyl (C=O) groups is 3. The number of ketones is 3. The molecule has 42 heavy (non-hydrogen) atoms. The molecule has 216 valence electrons. The first kappa shape index (κ1) is 28.0. The number of anilines is 1. The summed E-state index contributed by atoms with van der Waals surface area (Å²) >= 11 is 6.38. The van der Waals surface area contributed by atoms with Gasteiger partial charge in [0.2, 0.25) is 5.75 Å². The summed E-state index contributed by atoms with van der Waals surface area (Å²) in [5, 5.41) is 0.544. The van der Waals surface area contributed by atoms with Crippen LogP contribution in [0, 0.1) is 10.8 Å². The third-order valence-electron chi connectivity index (χ3n) is 8.84. The van der Waals surface area contributed by atoms with Crippen molar-refractivity contribution in [2.45, 2.75) is 38.8 Å². The van der Waals surface area contributed by atoms with Crippen LogP contribution in [0.1, 0.15) is 58.5 Å². The van der Waals surface area contributed by atoms with Crippen LogP contribution in [0.2, 0.25) is 5.02 Å². The van der Waals surface area contributed by atoms with Gasteiger partial charge in [-0.1, -0.05) is 74.9 Å². The van der Waals surface area contributed by atoms with Gasteiger partial charge >= 0.3 is 0 Å². The van der Waals surface area contributed by atoms with Crippen LogP contribution in [-0.4, -0.2) is 50.8 Å². The van der Waals surface area contributed by atoms with Crippen LogP contribution >= 0.6 is 11.6 Å². The predicted octanol–water partition coefficient (Wildman–Crippen LogP) is 6.41. The van der Waals surface area contributed by atoms with Crippen molar-refractivity contribution in [1.82, 2.24) is 0 Å². The molecule has 3 aromatic carbocycles. The van der Waals surface area contributed by atoms with Crippen LogP contribution in [0.5, 0.6) is 17.2 Å². The summed E-state index contributed by atoms with van der Waals surface area (Å²) in [5.74, 6) is -0.616. The first-order valence-electron chi connectivity index (χ1n) is 13.8. The number of methoxy groups -OCH3 is 3. The summed E-state index contributed by atoms with van der Waals surface area (Å²) in [6.45, 7) is 5.56. The molecule has 0 radical (unpaired) electrons. The normalized spacial score (nSPS) is 21.7. The average molecular weight is 586 g/mol. The molecule has 6 rings (SSSR count). The van der Waals surface area contributed by atoms with Gasteiger partial charge in [-0.2, -0.15) is 0 Å². The molecule has 1 saturated heterocycles. The molecule has 3 atom stereocenters. The fraction of sp³-hybridized carbons (Fsp3) is 0.324. The van der Waals surface area contributed by atoms with Crippen molar-refractivity contribution < 1.29 is 28.6 Å². The van der Waals surface area contributed by atoms with Crippen LogP contribution in [-0.2, 0) is 4.79 Å². The van der Waals surface area contributed by atoms with Crippen molar-refractivity contribution in [1.29, 1.82) is 0 Å². The minimum absolute atomic E-state index is 0.112. The molecule has 8 heteroatoms. The van der Waals surface area contributed by atoms with Crippen molar-refractivity contribution in [3.05, 3.63) is 87.9 Å². The Labute approximate surface area is 250 Å². The van der Waals surface area contributed by atoms with Gasteiger partial charge in [0, 0.05) is 38.7 Å². The lowest BCUT2D eigenvalue weighted by Crippen LogP contribution is -2.49. The number of nitrogens with zero attached hydrogens (tertiary/aromatic N) is 1. The Balaban J connectivity index is 1.75. The molecular formula is C34H32ClNO6. The average Bonchev–Trinajstić information content (AvgIpc) is 3.40. The fourth-order valence-electron chi connectivity index (χ4n) is 7.10. The van der Waals surface area contributed by atoms with E-state index in [9.17, 15) is 14.4 Å². The smallest absolute Gasteiger partial charge is 0.203 e. The molecule has 2 aliphatic heterocycles. The second-order valence-corrected chi connectivity index (χ2v) is 12.4. The summed E-state index contributed by atoms with van der Waals surface area (Å²) in [6.07, 6.45) is 3.76. The van der Waals surface area contributed by atoms with E-state index in [1.165, 1.54) is 21.3 Å². The molecule has 0 unspecified atom stereocenters. The van der Waals surface area contributed by atoms with Crippen molar-refractivity contribution >= 4 is 40.7 Å². The quantitative estimate of drug-likeness (QED) is 0.320. The fourth-order valence-corrected chi connectivity index (χ4v) is 7.28. The van der Waals surface area contributed by atoms with Gasteiger partial charge in [-0.05, 0) is 29.8 Å². The monoisotopic (exact) mass is 585 g/mol. The van der Waals surface area contributed by atoms with E-state index in [1.54, 1.807) is 42.5 Å². The van der Waals surface area contributed by atoms with E-state index in [0.29, 0.717) is 39.0 Å². The molecule has 0 N–H and O–H groups in total. The Morgan fingerprint density at radius 3 is 2.10 bits per heavy atom. The number of benzene rings is 3. The maximum absolute atomic E-state index is 14.8. The van der Waals surface area contributed by atoms with Crippen LogP contribution in [0.15, 0.2) is 60.7 Å². The number of Topliss-reactive ketones (excluding diaryl/α,β-unsaturated/α-hetero) is 3. The molecule has 7 nitrogen and oxygen atoms in total. The molecule has 1 spiro atoms. The van der Waals surface area contributed by atoms with E-state index in [1.807, 2.05) is 50.0 Å². The maximum atomic E-state index is 14.8. The van der Waals surface area contributed by atoms with Crippen LogP contribution in [0.25, 0.3) is 6.08 Å². The number of carbonyl (C=O) groups excluding carboxylic acids is 3. The summed E-state index contributed by atoms with van der Waals surface area (Å²) in [4.78, 5) is 46.3. The van der Waals surface area contributed by atoms with E-state index in [4.69, 9.17) is 25.8 Å². The highest BCUT2D eigenvalue weighted by Gasteiger charge is 2.72. The highest BCUT2D eigenvalue weighted by molar-refractivity contribution is 6.32. The third-order valence-corrected chi connectivity index (χ3v) is 9.08. The second kappa shape index (κ2) is 9.73. The largest absolute Gasteiger partial charge is 0.493 e. The summed E-state index contributed by atoms with van der Waals surface area (Å²) in [7, 11) is 4.52. The van der Waals surface area contributed by atoms with Crippen LogP contribution in [0.4, 0.5) is 5.69 Å². The van der Waals surface area contributed by atoms with Gasteiger partial charge in [-0.3, -0.25) is 14.4 Å². The van der Waals surface area contributed by atoms with Gasteiger partial charge < -0.3 is 19.1 Å². The van der Waals surface area contributed by atoms with E-state index in [2.05, 4.69) is 0 Å². The Bertz CT molecular complexity index is 1650. The van der Waals surface area contributed by atoms with E-state index >= 15 is 0 Å². The minimum atomic E-state index is -1.66. The molecule has 3 aromatic rings. The zero-order valence-corrected chi connectivity index (χ0v) is 25.1. The molecule has 0 saturated carbocycles. The van der Waals surface area contributed by atoms with Crippen molar-refractivity contribution in [2.75, 3.05) is 26.2 Å². The first-order valence-corrected chi connectivity index (χ1v) is 14.2. The summed E-state index contributed by atoms with van der Waals surface area (Å²) < 4.78 is 17.2. The number of halogens is 1.